The lowest BCUT2D eigenvalue weighted by Crippen LogP contribution is -2.32. The molecule has 1 aliphatic rings. The summed E-state index contributed by atoms with van der Waals surface area (Å²) in [6.07, 6.45) is -0.838. The zero-order valence-corrected chi connectivity index (χ0v) is 15.9. The molecule has 2 aromatic rings. The first-order chi connectivity index (χ1) is 12.9. The van der Waals surface area contributed by atoms with E-state index in [1.165, 1.54) is 0 Å². The number of rotatable bonds is 5. The zero-order valence-electron chi connectivity index (χ0n) is 15.2. The van der Waals surface area contributed by atoms with Crippen molar-refractivity contribution in [1.29, 1.82) is 0 Å². The molecular formula is C21H21ClO5. The Morgan fingerprint density at radius 3 is 2.04 bits per heavy atom. The van der Waals surface area contributed by atoms with E-state index in [4.69, 9.17) is 25.8 Å². The van der Waals surface area contributed by atoms with Gasteiger partial charge in [0.05, 0.1) is 11.1 Å². The molecule has 1 saturated heterocycles. The number of esters is 2. The second kappa shape index (κ2) is 8.55. The normalized spacial score (nSPS) is 21.7. The van der Waals surface area contributed by atoms with Crippen molar-refractivity contribution in [2.45, 2.75) is 38.0 Å². The molecule has 3 atom stereocenters. The molecule has 2 aromatic carbocycles. The number of halogens is 1. The third-order valence-corrected chi connectivity index (χ3v) is 4.65. The van der Waals surface area contributed by atoms with Gasteiger partial charge in [-0.1, -0.05) is 47.0 Å². The van der Waals surface area contributed by atoms with Crippen molar-refractivity contribution in [3.8, 4) is 0 Å². The number of hydrogen-bond acceptors (Lipinski definition) is 5. The van der Waals surface area contributed by atoms with Crippen molar-refractivity contribution in [2.75, 3.05) is 6.61 Å². The van der Waals surface area contributed by atoms with Crippen LogP contribution in [0.15, 0.2) is 48.5 Å². The van der Waals surface area contributed by atoms with E-state index >= 15 is 0 Å². The molecule has 0 bridgehead atoms. The first kappa shape index (κ1) is 19.4. The van der Waals surface area contributed by atoms with E-state index in [1.807, 2.05) is 38.1 Å². The van der Waals surface area contributed by atoms with Gasteiger partial charge in [0.2, 0.25) is 0 Å². The quantitative estimate of drug-likeness (QED) is 0.571. The van der Waals surface area contributed by atoms with Crippen molar-refractivity contribution in [2.24, 2.45) is 0 Å². The summed E-state index contributed by atoms with van der Waals surface area (Å²) < 4.78 is 16.4. The Balaban J connectivity index is 1.58. The lowest BCUT2D eigenvalue weighted by Gasteiger charge is -2.19. The van der Waals surface area contributed by atoms with Gasteiger partial charge in [0.15, 0.2) is 0 Å². The topological polar surface area (TPSA) is 61.8 Å². The van der Waals surface area contributed by atoms with Crippen LogP contribution in [0.4, 0.5) is 0 Å². The van der Waals surface area contributed by atoms with Crippen LogP contribution in [0.25, 0.3) is 0 Å². The lowest BCUT2D eigenvalue weighted by molar-refractivity contribution is -0.0322. The fourth-order valence-corrected chi connectivity index (χ4v) is 3.07. The summed E-state index contributed by atoms with van der Waals surface area (Å²) >= 11 is 6.05. The van der Waals surface area contributed by atoms with E-state index in [0.717, 1.165) is 11.1 Å². The van der Waals surface area contributed by atoms with E-state index in [2.05, 4.69) is 0 Å². The standard InChI is InChI=1S/C21H21ClO5/c1-13-3-7-15(8-4-13)20(23)25-12-18-17(11-19(22)26-18)27-21(24)16-9-5-14(2)6-10-16/h3-10,17-19H,11-12H2,1-2H3/t17-,18-,19+/m1/s1. The second-order valence-corrected chi connectivity index (χ2v) is 7.08. The Morgan fingerprint density at radius 1 is 0.963 bits per heavy atom. The van der Waals surface area contributed by atoms with Gasteiger partial charge < -0.3 is 14.2 Å². The predicted octanol–water partition coefficient (Wildman–Crippen LogP) is 4.04. The van der Waals surface area contributed by atoms with E-state index in [9.17, 15) is 9.59 Å². The smallest absolute Gasteiger partial charge is 0.338 e. The van der Waals surface area contributed by atoms with E-state index < -0.39 is 29.7 Å². The van der Waals surface area contributed by atoms with Gasteiger partial charge in [0.25, 0.3) is 0 Å². The van der Waals surface area contributed by atoms with Crippen molar-refractivity contribution in [3.05, 3.63) is 70.8 Å². The first-order valence-corrected chi connectivity index (χ1v) is 9.17. The van der Waals surface area contributed by atoms with Crippen LogP contribution < -0.4 is 0 Å². The van der Waals surface area contributed by atoms with Crippen molar-refractivity contribution < 1.29 is 23.8 Å². The third kappa shape index (κ3) is 5.08. The Morgan fingerprint density at radius 2 is 1.48 bits per heavy atom. The monoisotopic (exact) mass is 388 g/mol. The molecule has 0 radical (unpaired) electrons. The van der Waals surface area contributed by atoms with Crippen LogP contribution in [0, 0.1) is 13.8 Å². The average molecular weight is 389 g/mol. The summed E-state index contributed by atoms with van der Waals surface area (Å²) in [6.45, 7) is 3.84. The summed E-state index contributed by atoms with van der Waals surface area (Å²) in [5, 5.41) is 0. The molecule has 1 heterocycles. The molecule has 6 heteroatoms. The largest absolute Gasteiger partial charge is 0.459 e. The molecule has 27 heavy (non-hydrogen) atoms. The number of aryl methyl sites for hydroxylation is 2. The second-order valence-electron chi connectivity index (χ2n) is 6.59. The zero-order chi connectivity index (χ0) is 19.4. The Bertz CT molecular complexity index is 800. The minimum Gasteiger partial charge on any atom is -0.459 e. The number of benzene rings is 2. The van der Waals surface area contributed by atoms with Crippen LogP contribution in [0.3, 0.4) is 0 Å². The van der Waals surface area contributed by atoms with Gasteiger partial charge in [-0.25, -0.2) is 9.59 Å². The fraction of sp³-hybridized carbons (Fsp3) is 0.333. The minimum absolute atomic E-state index is 0.0399. The SMILES string of the molecule is Cc1ccc(C(=O)OC[C@H]2O[C@H](Cl)C[C@H]2OC(=O)c2ccc(C)cc2)cc1. The average Bonchev–Trinajstić information content (AvgIpc) is 3.00. The Hall–Kier alpha value is -2.37. The van der Waals surface area contributed by atoms with Gasteiger partial charge in [-0.3, -0.25) is 0 Å². The van der Waals surface area contributed by atoms with E-state index in [1.54, 1.807) is 24.3 Å². The van der Waals surface area contributed by atoms with Gasteiger partial charge in [0, 0.05) is 6.42 Å². The highest BCUT2D eigenvalue weighted by Gasteiger charge is 2.38. The predicted molar refractivity (Wildman–Crippen MR) is 101 cm³/mol. The molecule has 3 rings (SSSR count). The first-order valence-electron chi connectivity index (χ1n) is 8.73. The molecule has 0 saturated carbocycles. The van der Waals surface area contributed by atoms with Gasteiger partial charge in [0.1, 0.15) is 24.4 Å². The minimum atomic E-state index is -0.601. The Labute approximate surface area is 163 Å². The third-order valence-electron chi connectivity index (χ3n) is 4.37. The highest BCUT2D eigenvalue weighted by atomic mass is 35.5. The van der Waals surface area contributed by atoms with Gasteiger partial charge in [-0.2, -0.15) is 0 Å². The summed E-state index contributed by atoms with van der Waals surface area (Å²) in [7, 11) is 0. The molecular weight excluding hydrogens is 368 g/mol. The van der Waals surface area contributed by atoms with Gasteiger partial charge in [-0.05, 0) is 38.1 Å². The molecule has 0 N–H and O–H groups in total. The van der Waals surface area contributed by atoms with Crippen molar-refractivity contribution in [1.82, 2.24) is 0 Å². The summed E-state index contributed by atoms with van der Waals surface area (Å²) in [4.78, 5) is 24.5. The molecule has 1 aliphatic heterocycles. The van der Waals surface area contributed by atoms with Crippen LogP contribution in [-0.2, 0) is 14.2 Å². The number of hydrogen-bond donors (Lipinski definition) is 0. The van der Waals surface area contributed by atoms with Gasteiger partial charge >= 0.3 is 11.9 Å². The molecule has 1 fully saturated rings. The lowest BCUT2D eigenvalue weighted by atomic mass is 10.1. The number of alkyl halides is 1. The fourth-order valence-electron chi connectivity index (χ4n) is 2.76. The maximum atomic E-state index is 12.3. The number of carbonyl (C=O) groups is 2. The maximum Gasteiger partial charge on any atom is 0.338 e. The van der Waals surface area contributed by atoms with Gasteiger partial charge in [-0.15, -0.1) is 0 Å². The highest BCUT2D eigenvalue weighted by Crippen LogP contribution is 2.27. The van der Waals surface area contributed by atoms with Crippen LogP contribution >= 0.6 is 11.6 Å². The molecule has 0 spiro atoms. The van der Waals surface area contributed by atoms with Crippen LogP contribution in [0.1, 0.15) is 38.3 Å². The molecule has 0 aromatic heterocycles. The van der Waals surface area contributed by atoms with Crippen LogP contribution in [0.5, 0.6) is 0 Å². The molecule has 142 valence electrons. The summed E-state index contributed by atoms with van der Waals surface area (Å²) in [5.74, 6) is -0.913. The summed E-state index contributed by atoms with van der Waals surface area (Å²) in [5.41, 5.74) is 2.42. The number of carbonyl (C=O) groups excluding carboxylic acids is 2. The van der Waals surface area contributed by atoms with Crippen LogP contribution in [-0.4, -0.2) is 36.3 Å². The van der Waals surface area contributed by atoms with Crippen molar-refractivity contribution in [3.63, 3.8) is 0 Å². The van der Waals surface area contributed by atoms with Crippen molar-refractivity contribution >= 4 is 23.5 Å². The molecule has 0 amide bonds. The molecule has 0 aliphatic carbocycles. The maximum absolute atomic E-state index is 12.3. The summed E-state index contributed by atoms with van der Waals surface area (Å²) in [6, 6.07) is 14.2. The van der Waals surface area contributed by atoms with E-state index in [-0.39, 0.29) is 6.61 Å². The molecule has 0 unspecified atom stereocenters. The highest BCUT2D eigenvalue weighted by molar-refractivity contribution is 6.19. The Kier molecular flexibility index (Phi) is 6.14. The number of ether oxygens (including phenoxy) is 3. The van der Waals surface area contributed by atoms with Crippen LogP contribution in [0.2, 0.25) is 0 Å². The molecule has 5 nitrogen and oxygen atoms in total. The van der Waals surface area contributed by atoms with E-state index in [0.29, 0.717) is 17.5 Å².